The Balaban J connectivity index is 0.000000409. The van der Waals surface area contributed by atoms with E-state index in [9.17, 15) is 10.1 Å². The molecule has 3 rings (SSSR count). The second kappa shape index (κ2) is 17.3. The number of nitro benzene ring substituents is 1. The summed E-state index contributed by atoms with van der Waals surface area (Å²) in [5.74, 6) is 1.09. The number of nitro groups is 1. The molecule has 0 atom stereocenters. The molecule has 0 radical (unpaired) electrons. The summed E-state index contributed by atoms with van der Waals surface area (Å²) in [6.07, 6.45) is 11.4. The molecular weight excluding hydrogens is 420 g/mol. The van der Waals surface area contributed by atoms with E-state index in [-0.39, 0.29) is 17.1 Å². The lowest BCUT2D eigenvalue weighted by Gasteiger charge is -2.36. The zero-order valence-electron chi connectivity index (χ0n) is 20.8. The molecule has 1 aliphatic carbocycles. The minimum absolute atomic E-state index is 0.170. The van der Waals surface area contributed by atoms with Gasteiger partial charge in [-0.3, -0.25) is 19.8 Å². The number of unbranched alkanes of at least 4 members (excludes halogenated alkanes) is 1. The summed E-state index contributed by atoms with van der Waals surface area (Å²) in [6, 6.07) is 6.94. The van der Waals surface area contributed by atoms with Crippen molar-refractivity contribution in [2.24, 2.45) is 5.92 Å². The fourth-order valence-corrected chi connectivity index (χ4v) is 4.39. The molecule has 8 nitrogen and oxygen atoms in total. The Morgan fingerprint density at radius 2 is 1.76 bits per heavy atom. The van der Waals surface area contributed by atoms with Gasteiger partial charge in [-0.1, -0.05) is 51.5 Å². The van der Waals surface area contributed by atoms with Gasteiger partial charge in [-0.15, -0.1) is 0 Å². The lowest BCUT2D eigenvalue weighted by molar-refractivity contribution is -0.384. The molecule has 0 amide bonds. The molecule has 2 aliphatic rings. The summed E-state index contributed by atoms with van der Waals surface area (Å²) in [7, 11) is 4.22. The third-order valence-electron chi connectivity index (χ3n) is 6.41. The molecule has 0 aromatic heterocycles. The molecule has 1 saturated carbocycles. The van der Waals surface area contributed by atoms with E-state index in [4.69, 9.17) is 9.90 Å². The first-order chi connectivity index (χ1) is 15.9. The van der Waals surface area contributed by atoms with Crippen LogP contribution in [-0.2, 0) is 4.79 Å². The van der Waals surface area contributed by atoms with Gasteiger partial charge in [-0.05, 0) is 52.0 Å². The van der Waals surface area contributed by atoms with Gasteiger partial charge in [0.2, 0.25) is 0 Å². The summed E-state index contributed by atoms with van der Waals surface area (Å²) >= 11 is 0. The van der Waals surface area contributed by atoms with Crippen LogP contribution in [0.25, 0.3) is 0 Å². The van der Waals surface area contributed by atoms with E-state index in [1.807, 2.05) is 6.07 Å². The summed E-state index contributed by atoms with van der Waals surface area (Å²) in [5.41, 5.74) is 1.13. The number of carbonyl (C=O) groups is 1. The Kier molecular flexibility index (Phi) is 15.1. The fraction of sp³-hybridized carbons (Fsp3) is 0.720. The van der Waals surface area contributed by atoms with E-state index in [0.29, 0.717) is 0 Å². The van der Waals surface area contributed by atoms with Crippen LogP contribution in [0.3, 0.4) is 0 Å². The van der Waals surface area contributed by atoms with Crippen LogP contribution in [0.15, 0.2) is 24.3 Å². The number of hydrogen-bond donors (Lipinski definition) is 1. The second-order valence-electron chi connectivity index (χ2n) is 9.13. The van der Waals surface area contributed by atoms with Crippen LogP contribution in [0.2, 0.25) is 0 Å². The first-order valence-corrected chi connectivity index (χ1v) is 12.4. The van der Waals surface area contributed by atoms with Gasteiger partial charge in [0.15, 0.2) is 0 Å². The molecule has 8 heteroatoms. The van der Waals surface area contributed by atoms with Crippen molar-refractivity contribution in [3.8, 4) is 0 Å². The number of nitrogens with zero attached hydrogens (tertiary/aromatic N) is 4. The molecule has 1 aromatic carbocycles. The molecule has 0 spiro atoms. The van der Waals surface area contributed by atoms with E-state index >= 15 is 0 Å². The van der Waals surface area contributed by atoms with E-state index in [0.717, 1.165) is 50.9 Å². The maximum absolute atomic E-state index is 10.9. The van der Waals surface area contributed by atoms with Crippen LogP contribution in [0.1, 0.15) is 58.3 Å². The average molecular weight is 465 g/mol. The van der Waals surface area contributed by atoms with Gasteiger partial charge in [0, 0.05) is 44.0 Å². The topological polar surface area (TPSA) is 90.2 Å². The summed E-state index contributed by atoms with van der Waals surface area (Å²) in [6.45, 7) is 8.30. The monoisotopic (exact) mass is 464 g/mol. The van der Waals surface area contributed by atoms with Crippen LogP contribution < -0.4 is 4.90 Å². The molecule has 0 unspecified atom stereocenters. The Labute approximate surface area is 199 Å². The third kappa shape index (κ3) is 12.6. The molecule has 0 bridgehead atoms. The minimum atomic E-state index is -0.329. The van der Waals surface area contributed by atoms with Crippen LogP contribution in [0.4, 0.5) is 11.4 Å². The highest BCUT2D eigenvalue weighted by Gasteiger charge is 2.18. The molecule has 33 heavy (non-hydrogen) atoms. The number of benzene rings is 1. The molecule has 1 heterocycles. The second-order valence-corrected chi connectivity index (χ2v) is 9.13. The SMILES string of the molecule is CCC1CCCCC1.CN(C)CCCCN1CCN(c2cccc([N+](=O)[O-])c2)CC1.O=CO. The third-order valence-corrected chi connectivity index (χ3v) is 6.41. The van der Waals surface area contributed by atoms with Crippen molar-refractivity contribution >= 4 is 17.8 Å². The van der Waals surface area contributed by atoms with Crippen molar-refractivity contribution in [2.45, 2.75) is 58.3 Å². The average Bonchev–Trinajstić information content (AvgIpc) is 2.83. The highest BCUT2D eigenvalue weighted by molar-refractivity contribution is 5.53. The lowest BCUT2D eigenvalue weighted by atomic mass is 9.88. The fourth-order valence-electron chi connectivity index (χ4n) is 4.39. The summed E-state index contributed by atoms with van der Waals surface area (Å²) in [4.78, 5) is 25.8. The van der Waals surface area contributed by atoms with Crippen LogP contribution in [0, 0.1) is 16.0 Å². The quantitative estimate of drug-likeness (QED) is 0.257. The van der Waals surface area contributed by atoms with Gasteiger partial charge >= 0.3 is 0 Å². The molecule has 2 fully saturated rings. The first-order valence-electron chi connectivity index (χ1n) is 12.4. The molecule has 1 N–H and O–H groups in total. The number of carboxylic acid groups (broad SMARTS) is 1. The molecule has 188 valence electrons. The van der Waals surface area contributed by atoms with E-state index in [2.05, 4.69) is 35.7 Å². The maximum atomic E-state index is 10.9. The van der Waals surface area contributed by atoms with E-state index < -0.39 is 0 Å². The molecular formula is C25H44N4O4. The molecule has 1 aliphatic heterocycles. The zero-order chi connectivity index (χ0) is 24.5. The van der Waals surface area contributed by atoms with Crippen molar-refractivity contribution in [3.05, 3.63) is 34.4 Å². The largest absolute Gasteiger partial charge is 0.483 e. The van der Waals surface area contributed by atoms with Gasteiger partial charge in [-0.25, -0.2) is 0 Å². The highest BCUT2D eigenvalue weighted by atomic mass is 16.6. The Hall–Kier alpha value is -2.19. The highest BCUT2D eigenvalue weighted by Crippen LogP contribution is 2.25. The number of non-ortho nitro benzene ring substituents is 1. The van der Waals surface area contributed by atoms with Gasteiger partial charge in [0.25, 0.3) is 12.2 Å². The van der Waals surface area contributed by atoms with Crippen LogP contribution in [-0.4, -0.2) is 79.7 Å². The lowest BCUT2D eigenvalue weighted by Crippen LogP contribution is -2.46. The molecule has 1 aromatic rings. The minimum Gasteiger partial charge on any atom is -0.483 e. The van der Waals surface area contributed by atoms with Crippen molar-refractivity contribution in [2.75, 3.05) is 58.3 Å². The predicted octanol–water partition coefficient (Wildman–Crippen LogP) is 4.74. The van der Waals surface area contributed by atoms with Gasteiger partial charge in [0.05, 0.1) is 4.92 Å². The van der Waals surface area contributed by atoms with Gasteiger partial charge < -0.3 is 14.9 Å². The van der Waals surface area contributed by atoms with Crippen molar-refractivity contribution in [1.82, 2.24) is 9.80 Å². The Bertz CT molecular complexity index is 658. The van der Waals surface area contributed by atoms with Crippen molar-refractivity contribution in [3.63, 3.8) is 0 Å². The number of rotatable bonds is 8. The summed E-state index contributed by atoms with van der Waals surface area (Å²) in [5, 5.41) is 17.7. The predicted molar refractivity (Wildman–Crippen MR) is 135 cm³/mol. The molecule has 1 saturated heterocycles. The van der Waals surface area contributed by atoms with Gasteiger partial charge in [0.1, 0.15) is 0 Å². The number of hydrogen-bond acceptors (Lipinski definition) is 6. The van der Waals surface area contributed by atoms with E-state index in [1.54, 1.807) is 18.2 Å². The zero-order valence-corrected chi connectivity index (χ0v) is 20.8. The van der Waals surface area contributed by atoms with Crippen LogP contribution >= 0.6 is 0 Å². The normalized spacial score (nSPS) is 16.9. The number of anilines is 1. The van der Waals surface area contributed by atoms with Gasteiger partial charge in [-0.2, -0.15) is 0 Å². The van der Waals surface area contributed by atoms with Crippen molar-refractivity contribution in [1.29, 1.82) is 0 Å². The van der Waals surface area contributed by atoms with Crippen molar-refractivity contribution < 1.29 is 14.8 Å². The first kappa shape index (κ1) is 28.8. The standard InChI is InChI=1S/C16H26N4O2.C8H16.CH2O2/c1-17(2)8-3-4-9-18-10-12-19(13-11-18)15-6-5-7-16(14-15)20(21)22;1-2-8-6-4-3-5-7-8;2-1-3/h5-7,14H,3-4,8-13H2,1-2H3;8H,2-7H2,1H3;1H,(H,2,3). The van der Waals surface area contributed by atoms with Crippen LogP contribution in [0.5, 0.6) is 0 Å². The Morgan fingerprint density at radius 3 is 2.27 bits per heavy atom. The summed E-state index contributed by atoms with van der Waals surface area (Å²) < 4.78 is 0. The van der Waals surface area contributed by atoms with E-state index in [1.165, 1.54) is 51.4 Å². The Morgan fingerprint density at radius 1 is 1.12 bits per heavy atom. The smallest absolute Gasteiger partial charge is 0.290 e. The number of piperazine rings is 1. The maximum Gasteiger partial charge on any atom is 0.290 e.